The minimum absolute atomic E-state index is 0.0977. The number of hydrogen-bond donors (Lipinski definition) is 1. The molecule has 0 saturated heterocycles. The second-order valence-electron chi connectivity index (χ2n) is 6.91. The van der Waals surface area contributed by atoms with Gasteiger partial charge in [-0.05, 0) is 12.1 Å². The molecule has 3 aromatic carbocycles. The molecule has 0 aliphatic carbocycles. The molecule has 1 aliphatic rings. The fraction of sp³-hybridized carbons (Fsp3) is 0.130. The van der Waals surface area contributed by atoms with Crippen LogP contribution in [0, 0.1) is 0 Å². The SMILES string of the molecule is CN(C)C(=O)c1cc2c(c(C(=O)O)c1)OC(c1ccccc1)(c1ccccc1)O2. The number of fused-ring (bicyclic) bond motifs is 1. The summed E-state index contributed by atoms with van der Waals surface area (Å²) < 4.78 is 12.5. The second-order valence-corrected chi connectivity index (χ2v) is 6.91. The predicted molar refractivity (Wildman–Crippen MR) is 106 cm³/mol. The number of ether oxygens (including phenoxy) is 2. The molecule has 0 fully saturated rings. The zero-order chi connectivity index (χ0) is 20.6. The van der Waals surface area contributed by atoms with Gasteiger partial charge < -0.3 is 19.5 Å². The van der Waals surface area contributed by atoms with Crippen molar-refractivity contribution in [2.45, 2.75) is 5.79 Å². The molecular weight excluding hydrogens is 370 g/mol. The van der Waals surface area contributed by atoms with Crippen molar-refractivity contribution in [3.63, 3.8) is 0 Å². The third-order valence-corrected chi connectivity index (χ3v) is 4.75. The molecule has 0 bridgehead atoms. The first-order valence-corrected chi connectivity index (χ1v) is 9.04. The summed E-state index contributed by atoms with van der Waals surface area (Å²) in [5.74, 6) is -2.57. The van der Waals surface area contributed by atoms with E-state index in [1.807, 2.05) is 60.7 Å². The third-order valence-electron chi connectivity index (χ3n) is 4.75. The van der Waals surface area contributed by atoms with Gasteiger partial charge in [0.2, 0.25) is 0 Å². The maximum absolute atomic E-state index is 12.5. The largest absolute Gasteiger partial charge is 0.478 e. The van der Waals surface area contributed by atoms with Crippen molar-refractivity contribution in [3.05, 3.63) is 95.1 Å². The van der Waals surface area contributed by atoms with Gasteiger partial charge in [0.05, 0.1) is 0 Å². The van der Waals surface area contributed by atoms with E-state index in [4.69, 9.17) is 9.47 Å². The van der Waals surface area contributed by atoms with E-state index in [0.29, 0.717) is 11.1 Å². The fourth-order valence-electron chi connectivity index (χ4n) is 3.36. The van der Waals surface area contributed by atoms with Crippen LogP contribution in [0.4, 0.5) is 0 Å². The third kappa shape index (κ3) is 3.08. The standard InChI is InChI=1S/C23H19NO5/c1-24(2)21(25)15-13-18(22(26)27)20-19(14-15)28-23(29-20,16-9-5-3-6-10-16)17-11-7-4-8-12-17/h3-14H,1-2H3,(H,26,27). The Kier molecular flexibility index (Phi) is 4.47. The molecule has 0 spiro atoms. The molecule has 0 radical (unpaired) electrons. The normalized spacial score (nSPS) is 13.7. The average molecular weight is 389 g/mol. The Morgan fingerprint density at radius 3 is 1.90 bits per heavy atom. The number of amides is 1. The van der Waals surface area contributed by atoms with Crippen LogP contribution in [-0.2, 0) is 5.79 Å². The van der Waals surface area contributed by atoms with E-state index in [2.05, 4.69) is 0 Å². The first kappa shape index (κ1) is 18.6. The first-order valence-electron chi connectivity index (χ1n) is 9.04. The Balaban J connectivity index is 1.92. The smallest absolute Gasteiger partial charge is 0.339 e. The number of aromatic carboxylic acids is 1. The van der Waals surface area contributed by atoms with E-state index in [0.717, 1.165) is 0 Å². The van der Waals surface area contributed by atoms with Crippen LogP contribution >= 0.6 is 0 Å². The monoisotopic (exact) mass is 389 g/mol. The van der Waals surface area contributed by atoms with Crippen LogP contribution in [0.15, 0.2) is 72.8 Å². The highest BCUT2D eigenvalue weighted by Crippen LogP contribution is 2.49. The Labute approximate surface area is 167 Å². The van der Waals surface area contributed by atoms with Gasteiger partial charge in [0.15, 0.2) is 11.5 Å². The molecule has 1 N–H and O–H groups in total. The number of carboxylic acid groups (broad SMARTS) is 1. The van der Waals surface area contributed by atoms with Crippen LogP contribution in [0.1, 0.15) is 31.8 Å². The van der Waals surface area contributed by atoms with Crippen molar-refractivity contribution in [1.29, 1.82) is 0 Å². The fourth-order valence-corrected chi connectivity index (χ4v) is 3.36. The number of benzene rings is 3. The van der Waals surface area contributed by atoms with Gasteiger partial charge in [-0.25, -0.2) is 4.79 Å². The van der Waals surface area contributed by atoms with Gasteiger partial charge >= 0.3 is 11.8 Å². The molecule has 4 rings (SSSR count). The summed E-state index contributed by atoms with van der Waals surface area (Å²) in [6.45, 7) is 0. The van der Waals surface area contributed by atoms with Crippen molar-refractivity contribution >= 4 is 11.9 Å². The molecule has 1 aliphatic heterocycles. The van der Waals surface area contributed by atoms with Gasteiger partial charge in [0, 0.05) is 30.8 Å². The Morgan fingerprint density at radius 1 is 0.862 bits per heavy atom. The zero-order valence-corrected chi connectivity index (χ0v) is 16.0. The molecule has 3 aromatic rings. The molecule has 0 atom stereocenters. The molecule has 0 unspecified atom stereocenters. The molecule has 146 valence electrons. The number of carbonyl (C=O) groups is 2. The van der Waals surface area contributed by atoms with Gasteiger partial charge in [-0.1, -0.05) is 60.7 Å². The molecular formula is C23H19NO5. The van der Waals surface area contributed by atoms with Crippen molar-refractivity contribution in [2.75, 3.05) is 14.1 Å². The van der Waals surface area contributed by atoms with E-state index >= 15 is 0 Å². The molecule has 6 heteroatoms. The predicted octanol–water partition coefficient (Wildman–Crippen LogP) is 3.76. The molecule has 0 saturated carbocycles. The van der Waals surface area contributed by atoms with Crippen LogP contribution in [-0.4, -0.2) is 36.0 Å². The lowest BCUT2D eigenvalue weighted by Crippen LogP contribution is -2.36. The lowest BCUT2D eigenvalue weighted by Gasteiger charge is -2.28. The Morgan fingerprint density at radius 2 is 1.41 bits per heavy atom. The summed E-state index contributed by atoms with van der Waals surface area (Å²) in [4.78, 5) is 25.8. The summed E-state index contributed by atoms with van der Waals surface area (Å²) in [7, 11) is 3.21. The first-order chi connectivity index (χ1) is 13.9. The summed E-state index contributed by atoms with van der Waals surface area (Å²) in [5.41, 5.74) is 1.51. The lowest BCUT2D eigenvalue weighted by molar-refractivity contribution is -0.0462. The number of carbonyl (C=O) groups excluding carboxylic acids is 1. The van der Waals surface area contributed by atoms with Crippen molar-refractivity contribution in [1.82, 2.24) is 4.90 Å². The summed E-state index contributed by atoms with van der Waals surface area (Å²) in [6, 6.07) is 21.4. The van der Waals surface area contributed by atoms with Gasteiger partial charge in [-0.15, -0.1) is 0 Å². The molecule has 29 heavy (non-hydrogen) atoms. The second kappa shape index (κ2) is 6.98. The highest BCUT2D eigenvalue weighted by molar-refractivity contribution is 6.00. The highest BCUT2D eigenvalue weighted by atomic mass is 16.7. The highest BCUT2D eigenvalue weighted by Gasteiger charge is 2.47. The van der Waals surface area contributed by atoms with Gasteiger partial charge in [-0.2, -0.15) is 0 Å². The number of nitrogens with zero attached hydrogens (tertiary/aromatic N) is 1. The molecule has 1 amide bonds. The lowest BCUT2D eigenvalue weighted by atomic mass is 9.97. The zero-order valence-electron chi connectivity index (χ0n) is 16.0. The van der Waals surface area contributed by atoms with Crippen molar-refractivity contribution < 1.29 is 24.2 Å². The average Bonchev–Trinajstić information content (AvgIpc) is 3.14. The van der Waals surface area contributed by atoms with E-state index in [9.17, 15) is 14.7 Å². The topological polar surface area (TPSA) is 76.1 Å². The van der Waals surface area contributed by atoms with Crippen molar-refractivity contribution in [3.8, 4) is 11.5 Å². The van der Waals surface area contributed by atoms with E-state index in [-0.39, 0.29) is 28.5 Å². The Bertz CT molecular complexity index is 1040. The summed E-state index contributed by atoms with van der Waals surface area (Å²) >= 11 is 0. The maximum atomic E-state index is 12.5. The van der Waals surface area contributed by atoms with Crippen molar-refractivity contribution in [2.24, 2.45) is 0 Å². The van der Waals surface area contributed by atoms with Gasteiger partial charge in [0.1, 0.15) is 5.56 Å². The molecule has 0 aromatic heterocycles. The molecule has 1 heterocycles. The van der Waals surface area contributed by atoms with E-state index in [1.54, 1.807) is 14.1 Å². The van der Waals surface area contributed by atoms with E-state index in [1.165, 1.54) is 17.0 Å². The quantitative estimate of drug-likeness (QED) is 0.735. The number of hydrogen-bond acceptors (Lipinski definition) is 4. The summed E-state index contributed by atoms with van der Waals surface area (Å²) in [5, 5.41) is 9.74. The van der Waals surface area contributed by atoms with E-state index < -0.39 is 11.8 Å². The van der Waals surface area contributed by atoms with Crippen LogP contribution < -0.4 is 9.47 Å². The van der Waals surface area contributed by atoms with Crippen LogP contribution in [0.2, 0.25) is 0 Å². The summed E-state index contributed by atoms with van der Waals surface area (Å²) in [6.07, 6.45) is 0. The minimum Gasteiger partial charge on any atom is -0.478 e. The van der Waals surface area contributed by atoms with Gasteiger partial charge in [0.25, 0.3) is 5.91 Å². The Hall–Kier alpha value is -3.80. The number of rotatable bonds is 4. The number of carboxylic acids is 1. The maximum Gasteiger partial charge on any atom is 0.339 e. The van der Waals surface area contributed by atoms with Gasteiger partial charge in [-0.3, -0.25) is 4.79 Å². The van der Waals surface area contributed by atoms with Crippen LogP contribution in [0.5, 0.6) is 11.5 Å². The molecule has 6 nitrogen and oxygen atoms in total. The van der Waals surface area contributed by atoms with Crippen LogP contribution in [0.3, 0.4) is 0 Å². The minimum atomic E-state index is -1.35. The van der Waals surface area contributed by atoms with Crippen LogP contribution in [0.25, 0.3) is 0 Å².